The molecule has 10 nitrogen and oxygen atoms in total. The highest BCUT2D eigenvalue weighted by atomic mass is 28.3. The molecule has 294 valence electrons. The minimum Gasteiger partial charge on any atom is -0.497 e. The molecule has 1 aromatic heterocycles. The average molecular weight is 791 g/mol. The van der Waals surface area contributed by atoms with E-state index >= 15 is 4.79 Å². The summed E-state index contributed by atoms with van der Waals surface area (Å²) < 4.78 is 14.3. The molecule has 11 heteroatoms. The van der Waals surface area contributed by atoms with Crippen LogP contribution in [0, 0.1) is 5.92 Å². The number of carbonyl (C=O) groups is 2. The summed E-state index contributed by atoms with van der Waals surface area (Å²) in [6, 6.07) is 38.2. The van der Waals surface area contributed by atoms with E-state index < -0.39 is 25.7 Å². The number of aliphatic hydroxyl groups excluding tert-OH is 1. The number of anilines is 2. The molecule has 0 aliphatic carbocycles. The first kappa shape index (κ1) is 37.7. The number of aliphatic hydroxyl groups is 1. The van der Waals surface area contributed by atoms with Crippen LogP contribution in [-0.4, -0.2) is 65.5 Å². The Bertz CT molecular complexity index is 2610. The van der Waals surface area contributed by atoms with Crippen LogP contribution in [-0.2, 0) is 32.9 Å². The molecule has 5 aromatic carbocycles. The standard InChI is InChI=1S/C47H46N4O6Si/c1-30-44(58(3,4)38-21-19-37(56-2)20-22-38)42(26-43(53)49-28-33-14-9-8-12-31(33)24-36(49)29-52)57-47(30)40-25-35(51-45(54)39-17-11-10-13-32(39)27-48-51)18-23-41(40)50(46(47)55)34-15-6-5-7-16-34/h5-23,25,27,30,36,42,44,52H,24,26,28-29H2,1-4H3/t30-,36-,42+,44-,47+/m0/s1. The average Bonchev–Trinajstić information content (AvgIpc) is 3.69. The van der Waals surface area contributed by atoms with Gasteiger partial charge in [0.15, 0.2) is 5.60 Å². The normalized spacial score (nSPS) is 22.7. The second-order valence-electron chi connectivity index (χ2n) is 16.3. The third kappa shape index (κ3) is 5.90. The van der Waals surface area contributed by atoms with Gasteiger partial charge in [-0.05, 0) is 71.6 Å². The van der Waals surface area contributed by atoms with E-state index in [1.54, 1.807) is 29.2 Å². The van der Waals surface area contributed by atoms with Crippen LogP contribution in [0.2, 0.25) is 18.6 Å². The molecule has 0 radical (unpaired) electrons. The number of amides is 2. The number of benzene rings is 5. The number of methoxy groups -OCH3 is 1. The van der Waals surface area contributed by atoms with E-state index in [1.165, 1.54) is 4.68 Å². The minimum atomic E-state index is -2.61. The first-order valence-corrected chi connectivity index (χ1v) is 23.0. The fourth-order valence-corrected chi connectivity index (χ4v) is 14.0. The van der Waals surface area contributed by atoms with Gasteiger partial charge < -0.3 is 19.5 Å². The number of aromatic nitrogens is 2. The molecule has 58 heavy (non-hydrogen) atoms. The van der Waals surface area contributed by atoms with Crippen LogP contribution in [0.4, 0.5) is 11.4 Å². The van der Waals surface area contributed by atoms with Crippen molar-refractivity contribution in [3.63, 3.8) is 0 Å². The Balaban J connectivity index is 1.20. The monoisotopic (exact) mass is 790 g/mol. The lowest BCUT2D eigenvalue weighted by molar-refractivity contribution is -0.150. The van der Waals surface area contributed by atoms with E-state index in [2.05, 4.69) is 43.3 Å². The lowest BCUT2D eigenvalue weighted by Gasteiger charge is -2.39. The zero-order valence-corrected chi connectivity index (χ0v) is 34.0. The topological polar surface area (TPSA) is 114 Å². The Morgan fingerprint density at radius 1 is 0.897 bits per heavy atom. The quantitative estimate of drug-likeness (QED) is 0.173. The van der Waals surface area contributed by atoms with Crippen LogP contribution in [0.1, 0.15) is 30.0 Å². The maximum Gasteiger partial charge on any atom is 0.279 e. The molecule has 1 saturated heterocycles. The molecule has 9 rings (SSSR count). The molecule has 3 aliphatic heterocycles. The van der Waals surface area contributed by atoms with Crippen LogP contribution in [0.5, 0.6) is 5.75 Å². The number of ether oxygens (including phenoxy) is 2. The first-order valence-electron chi connectivity index (χ1n) is 19.9. The van der Waals surface area contributed by atoms with Gasteiger partial charge in [0.25, 0.3) is 11.5 Å². The van der Waals surface area contributed by atoms with Crippen molar-refractivity contribution in [1.29, 1.82) is 0 Å². The highest BCUT2D eigenvalue weighted by Gasteiger charge is 2.67. The number of fused-ring (bicyclic) bond motifs is 4. The van der Waals surface area contributed by atoms with Gasteiger partial charge in [-0.2, -0.15) is 9.78 Å². The van der Waals surface area contributed by atoms with Gasteiger partial charge >= 0.3 is 0 Å². The molecule has 4 heterocycles. The maximum atomic E-state index is 15.5. The van der Waals surface area contributed by atoms with E-state index in [1.807, 2.05) is 97.1 Å². The summed E-state index contributed by atoms with van der Waals surface area (Å²) >= 11 is 0. The van der Waals surface area contributed by atoms with Gasteiger partial charge in [-0.15, -0.1) is 0 Å². The van der Waals surface area contributed by atoms with Gasteiger partial charge in [0.2, 0.25) is 5.91 Å². The van der Waals surface area contributed by atoms with Crippen LogP contribution < -0.4 is 20.4 Å². The third-order valence-corrected chi connectivity index (χ3v) is 17.3. The molecule has 0 bridgehead atoms. The fourth-order valence-electron chi connectivity index (χ4n) is 10.00. The van der Waals surface area contributed by atoms with Gasteiger partial charge in [-0.25, -0.2) is 0 Å². The van der Waals surface area contributed by atoms with E-state index in [0.29, 0.717) is 41.0 Å². The van der Waals surface area contributed by atoms with Crippen LogP contribution in [0.15, 0.2) is 132 Å². The molecule has 1 N–H and O–H groups in total. The molecule has 6 aromatic rings. The Labute approximate surface area is 338 Å². The van der Waals surface area contributed by atoms with Gasteiger partial charge in [-0.3, -0.25) is 19.3 Å². The Hall–Kier alpha value is -5.88. The molecule has 2 amide bonds. The number of carbonyl (C=O) groups excluding carboxylic acids is 2. The second kappa shape index (κ2) is 14.5. The lowest BCUT2D eigenvalue weighted by Crippen LogP contribution is -2.52. The second-order valence-corrected chi connectivity index (χ2v) is 21.0. The molecular weight excluding hydrogens is 745 g/mol. The van der Waals surface area contributed by atoms with E-state index in [-0.39, 0.29) is 42.0 Å². The van der Waals surface area contributed by atoms with Crippen LogP contribution in [0.3, 0.4) is 0 Å². The zero-order chi connectivity index (χ0) is 40.3. The fraction of sp³-hybridized carbons (Fsp3) is 0.277. The predicted molar refractivity (Wildman–Crippen MR) is 227 cm³/mol. The SMILES string of the molecule is COc1ccc([Si](C)(C)[C@@H]2[C@@H](CC(=O)N3Cc4ccccc4C[C@H]3CO)O[C@]3(C(=O)N(c4ccccc4)c4ccc(-n5ncc6ccccc6c5=O)cc43)[C@H]2C)cc1. The molecule has 0 unspecified atom stereocenters. The number of hydrogen-bond acceptors (Lipinski definition) is 7. The van der Waals surface area contributed by atoms with Crippen LogP contribution >= 0.6 is 0 Å². The van der Waals surface area contributed by atoms with Crippen molar-refractivity contribution in [2.75, 3.05) is 18.6 Å². The lowest BCUT2D eigenvalue weighted by atomic mass is 9.82. The van der Waals surface area contributed by atoms with Crippen molar-refractivity contribution < 1.29 is 24.2 Å². The highest BCUT2D eigenvalue weighted by Crippen LogP contribution is 2.61. The zero-order valence-electron chi connectivity index (χ0n) is 33.0. The molecule has 3 aliphatic rings. The van der Waals surface area contributed by atoms with E-state index in [4.69, 9.17) is 9.47 Å². The van der Waals surface area contributed by atoms with Gasteiger partial charge in [-0.1, -0.05) is 98.0 Å². The van der Waals surface area contributed by atoms with Crippen molar-refractivity contribution >= 4 is 47.2 Å². The predicted octanol–water partition coefficient (Wildman–Crippen LogP) is 6.62. The summed E-state index contributed by atoms with van der Waals surface area (Å²) in [5.74, 6) is -0.0204. The minimum absolute atomic E-state index is 0.0291. The van der Waals surface area contributed by atoms with E-state index in [9.17, 15) is 14.7 Å². The summed E-state index contributed by atoms with van der Waals surface area (Å²) in [7, 11) is -0.964. The Morgan fingerprint density at radius 2 is 1.60 bits per heavy atom. The number of hydrogen-bond donors (Lipinski definition) is 1. The highest BCUT2D eigenvalue weighted by molar-refractivity contribution is 6.91. The molecular formula is C47H46N4O6Si. The smallest absolute Gasteiger partial charge is 0.279 e. The molecule has 5 atom stereocenters. The van der Waals surface area contributed by atoms with E-state index in [0.717, 1.165) is 27.4 Å². The molecule has 1 fully saturated rings. The van der Waals surface area contributed by atoms with Gasteiger partial charge in [0.1, 0.15) is 5.75 Å². The Kier molecular flexibility index (Phi) is 9.42. The van der Waals surface area contributed by atoms with Gasteiger partial charge in [0, 0.05) is 29.1 Å². The summed E-state index contributed by atoms with van der Waals surface area (Å²) in [6.45, 7) is 6.88. The number of rotatable bonds is 8. The largest absolute Gasteiger partial charge is 0.497 e. The number of para-hydroxylation sites is 1. The number of nitrogens with zero attached hydrogens (tertiary/aromatic N) is 4. The first-order chi connectivity index (χ1) is 28.1. The summed E-state index contributed by atoms with van der Waals surface area (Å²) in [4.78, 5) is 47.7. The van der Waals surface area contributed by atoms with Crippen molar-refractivity contribution in [3.8, 4) is 11.4 Å². The van der Waals surface area contributed by atoms with Crippen molar-refractivity contribution in [2.45, 2.75) is 62.7 Å². The Morgan fingerprint density at radius 3 is 2.34 bits per heavy atom. The molecule has 1 spiro atoms. The maximum absolute atomic E-state index is 15.5. The summed E-state index contributed by atoms with van der Waals surface area (Å²) in [5, 5.41) is 17.5. The van der Waals surface area contributed by atoms with Crippen molar-refractivity contribution in [3.05, 3.63) is 155 Å². The molecule has 0 saturated carbocycles. The van der Waals surface area contributed by atoms with Gasteiger partial charge in [0.05, 0.1) is 63.3 Å². The van der Waals surface area contributed by atoms with Crippen molar-refractivity contribution in [2.24, 2.45) is 5.92 Å². The third-order valence-electron chi connectivity index (χ3n) is 12.9. The van der Waals surface area contributed by atoms with Crippen LogP contribution in [0.25, 0.3) is 16.5 Å². The summed E-state index contributed by atoms with van der Waals surface area (Å²) in [6.07, 6.45) is 1.61. The summed E-state index contributed by atoms with van der Waals surface area (Å²) in [5.41, 5.74) is 2.69. The van der Waals surface area contributed by atoms with Crippen molar-refractivity contribution in [1.82, 2.24) is 14.7 Å².